The van der Waals surface area contributed by atoms with Gasteiger partial charge in [-0.2, -0.15) is 9.97 Å². The van der Waals surface area contributed by atoms with E-state index in [4.69, 9.17) is 14.2 Å². The molecule has 6 rings (SSSR count). The first-order chi connectivity index (χ1) is 19.9. The summed E-state index contributed by atoms with van der Waals surface area (Å²) in [5.41, 5.74) is 2.26. The van der Waals surface area contributed by atoms with Crippen LogP contribution in [-0.2, 0) is 11.3 Å². The first kappa shape index (κ1) is 27.4. The van der Waals surface area contributed by atoms with Crippen molar-refractivity contribution in [1.29, 1.82) is 0 Å². The van der Waals surface area contributed by atoms with Gasteiger partial charge in [0.1, 0.15) is 17.5 Å². The average Bonchev–Trinajstić information content (AvgIpc) is 3.69. The Morgan fingerprint density at radius 3 is 2.61 bits per heavy atom. The van der Waals surface area contributed by atoms with Gasteiger partial charge in [-0.25, -0.2) is 4.98 Å². The van der Waals surface area contributed by atoms with E-state index in [1.54, 1.807) is 18.2 Å². The number of nitrogens with zero attached hydrogens (tertiary/aromatic N) is 8. The van der Waals surface area contributed by atoms with Gasteiger partial charge >= 0.3 is 0 Å². The molecule has 0 radical (unpaired) electrons. The Morgan fingerprint density at radius 1 is 1.10 bits per heavy atom. The summed E-state index contributed by atoms with van der Waals surface area (Å²) in [6, 6.07) is 5.81. The maximum Gasteiger partial charge on any atom is 0.249 e. The van der Waals surface area contributed by atoms with Gasteiger partial charge < -0.3 is 29.3 Å². The number of hydrogen-bond acceptors (Lipinski definition) is 11. The number of piperazine rings is 1. The molecule has 1 saturated carbocycles. The molecule has 218 valence electrons. The normalized spacial score (nSPS) is 20.5. The minimum Gasteiger partial charge on any atom is -0.495 e. The molecule has 1 N–H and O–H groups in total. The highest BCUT2D eigenvalue weighted by Gasteiger charge is 2.41. The number of anilines is 4. The summed E-state index contributed by atoms with van der Waals surface area (Å²) in [6.45, 7) is 6.75. The minimum absolute atomic E-state index is 0.0987. The van der Waals surface area contributed by atoms with Crippen molar-refractivity contribution >= 4 is 29.0 Å². The molecule has 1 amide bonds. The predicted octanol–water partition coefficient (Wildman–Crippen LogP) is 3.53. The highest BCUT2D eigenvalue weighted by atomic mass is 16.5. The lowest BCUT2D eigenvalue weighted by Gasteiger charge is -2.43. The van der Waals surface area contributed by atoms with Gasteiger partial charge in [0, 0.05) is 44.8 Å². The Bertz CT molecular complexity index is 1380. The smallest absolute Gasteiger partial charge is 0.249 e. The van der Waals surface area contributed by atoms with Crippen molar-refractivity contribution in [1.82, 2.24) is 29.9 Å². The lowest BCUT2D eigenvalue weighted by molar-refractivity contribution is -0.120. The molecule has 2 aliphatic heterocycles. The molecule has 2 fully saturated rings. The highest BCUT2D eigenvalue weighted by Crippen LogP contribution is 2.40. The SMILES string of the molecule is CC[C@@H]1C(=O)N(C)c2cnc(Nc3ccc(-c4noc(CN5CCN(C)CC5)n4)cc3OC)nc2N1C1CCCC1. The first-order valence-electron chi connectivity index (χ1n) is 14.6. The van der Waals surface area contributed by atoms with Gasteiger partial charge in [-0.05, 0) is 44.5 Å². The van der Waals surface area contributed by atoms with E-state index in [0.29, 0.717) is 36.0 Å². The quantitative estimate of drug-likeness (QED) is 0.435. The monoisotopic (exact) mass is 561 g/mol. The second kappa shape index (κ2) is 11.6. The second-order valence-corrected chi connectivity index (χ2v) is 11.2. The Labute approximate surface area is 240 Å². The number of hydrogen-bond donors (Lipinski definition) is 1. The van der Waals surface area contributed by atoms with Gasteiger partial charge in [-0.15, -0.1) is 0 Å². The number of amides is 1. The van der Waals surface area contributed by atoms with E-state index in [1.807, 2.05) is 25.2 Å². The van der Waals surface area contributed by atoms with Crippen molar-refractivity contribution in [3.8, 4) is 17.1 Å². The minimum atomic E-state index is -0.219. The zero-order valence-electron chi connectivity index (χ0n) is 24.3. The fourth-order valence-corrected chi connectivity index (χ4v) is 6.13. The van der Waals surface area contributed by atoms with Gasteiger partial charge in [0.25, 0.3) is 0 Å². The van der Waals surface area contributed by atoms with Crippen LogP contribution in [0.3, 0.4) is 0 Å². The molecule has 3 aromatic rings. The number of benzene rings is 1. The first-order valence-corrected chi connectivity index (χ1v) is 14.6. The molecule has 0 spiro atoms. The molecule has 4 heterocycles. The zero-order chi connectivity index (χ0) is 28.5. The molecule has 1 atom stereocenters. The molecular formula is C29H39N9O3. The number of rotatable bonds is 8. The van der Waals surface area contributed by atoms with Crippen molar-refractivity contribution in [2.24, 2.45) is 0 Å². The van der Waals surface area contributed by atoms with Crippen LogP contribution in [0.4, 0.5) is 23.1 Å². The van der Waals surface area contributed by atoms with Crippen LogP contribution in [0.1, 0.15) is 44.9 Å². The third-order valence-corrected chi connectivity index (χ3v) is 8.54. The van der Waals surface area contributed by atoms with Gasteiger partial charge in [0.15, 0.2) is 5.82 Å². The van der Waals surface area contributed by atoms with E-state index in [-0.39, 0.29) is 11.9 Å². The number of aromatic nitrogens is 4. The van der Waals surface area contributed by atoms with Gasteiger partial charge in [-0.1, -0.05) is 24.9 Å². The summed E-state index contributed by atoms with van der Waals surface area (Å²) in [4.78, 5) is 35.9. The third-order valence-electron chi connectivity index (χ3n) is 8.54. The maximum absolute atomic E-state index is 13.2. The van der Waals surface area contributed by atoms with Crippen molar-refractivity contribution in [3.05, 3.63) is 30.3 Å². The molecule has 0 unspecified atom stereocenters. The molecular weight excluding hydrogens is 522 g/mol. The summed E-state index contributed by atoms with van der Waals surface area (Å²) in [5.74, 6) is 3.09. The summed E-state index contributed by atoms with van der Waals surface area (Å²) in [5, 5.41) is 7.55. The van der Waals surface area contributed by atoms with E-state index in [2.05, 4.69) is 49.1 Å². The number of carbonyl (C=O) groups is 1. The summed E-state index contributed by atoms with van der Waals surface area (Å²) in [7, 11) is 5.57. The van der Waals surface area contributed by atoms with Crippen molar-refractivity contribution in [3.63, 3.8) is 0 Å². The van der Waals surface area contributed by atoms with E-state index in [9.17, 15) is 4.79 Å². The highest BCUT2D eigenvalue weighted by molar-refractivity contribution is 6.04. The largest absolute Gasteiger partial charge is 0.495 e. The van der Waals surface area contributed by atoms with Crippen LogP contribution >= 0.6 is 0 Å². The van der Waals surface area contributed by atoms with Crippen LogP contribution in [-0.4, -0.2) is 95.3 Å². The maximum atomic E-state index is 13.2. The fourth-order valence-electron chi connectivity index (χ4n) is 6.13. The van der Waals surface area contributed by atoms with E-state index in [0.717, 1.165) is 68.2 Å². The van der Waals surface area contributed by atoms with Crippen LogP contribution < -0.4 is 19.9 Å². The third kappa shape index (κ3) is 5.45. The molecule has 2 aromatic heterocycles. The second-order valence-electron chi connectivity index (χ2n) is 11.2. The molecule has 12 heteroatoms. The number of fused-ring (bicyclic) bond motifs is 1. The molecule has 1 saturated heterocycles. The van der Waals surface area contributed by atoms with Crippen LogP contribution in [0, 0.1) is 0 Å². The van der Waals surface area contributed by atoms with Gasteiger partial charge in [0.2, 0.25) is 23.6 Å². The van der Waals surface area contributed by atoms with Crippen LogP contribution in [0.5, 0.6) is 5.75 Å². The molecule has 1 aliphatic carbocycles. The van der Waals surface area contributed by atoms with Crippen molar-refractivity contribution in [2.75, 3.05) is 62.5 Å². The van der Waals surface area contributed by atoms with Crippen LogP contribution in [0.25, 0.3) is 11.4 Å². The molecule has 41 heavy (non-hydrogen) atoms. The van der Waals surface area contributed by atoms with Crippen molar-refractivity contribution in [2.45, 2.75) is 57.7 Å². The Hall–Kier alpha value is -3.77. The molecule has 1 aromatic carbocycles. The number of nitrogens with one attached hydrogen (secondary N) is 1. The zero-order valence-corrected chi connectivity index (χ0v) is 24.3. The molecule has 3 aliphatic rings. The standard InChI is InChI=1S/C29H39N9O3/c1-5-22-28(39)36(3)23-17-30-29(33-27(23)38(22)20-8-6-7-9-20)31-21-11-10-19(16-24(21)40-4)26-32-25(41-34-26)18-37-14-12-35(2)13-15-37/h10-11,16-17,20,22H,5-9,12-15,18H2,1-4H3,(H,30,31,33)/t22-/m1/s1. The summed E-state index contributed by atoms with van der Waals surface area (Å²) in [6.07, 6.45) is 6.96. The number of carbonyl (C=O) groups excluding carboxylic acids is 1. The average molecular weight is 562 g/mol. The van der Waals surface area contributed by atoms with Gasteiger partial charge in [-0.3, -0.25) is 9.69 Å². The topological polar surface area (TPSA) is 116 Å². The number of ether oxygens (including phenoxy) is 1. The molecule has 0 bridgehead atoms. The fraction of sp³-hybridized carbons (Fsp3) is 0.552. The number of likely N-dealkylation sites (N-methyl/N-ethyl adjacent to an activating group) is 2. The van der Waals surface area contributed by atoms with E-state index >= 15 is 0 Å². The Balaban J connectivity index is 1.23. The summed E-state index contributed by atoms with van der Waals surface area (Å²) < 4.78 is 11.3. The summed E-state index contributed by atoms with van der Waals surface area (Å²) >= 11 is 0. The van der Waals surface area contributed by atoms with Crippen LogP contribution in [0.15, 0.2) is 28.9 Å². The number of methoxy groups -OCH3 is 1. The molecule has 12 nitrogen and oxygen atoms in total. The van der Waals surface area contributed by atoms with E-state index < -0.39 is 0 Å². The Morgan fingerprint density at radius 2 is 1.88 bits per heavy atom. The lowest BCUT2D eigenvalue weighted by Crippen LogP contribution is -2.55. The van der Waals surface area contributed by atoms with Gasteiger partial charge in [0.05, 0.1) is 25.5 Å². The Kier molecular flexibility index (Phi) is 7.76. The predicted molar refractivity (Wildman–Crippen MR) is 157 cm³/mol. The van der Waals surface area contributed by atoms with E-state index in [1.165, 1.54) is 12.8 Å². The van der Waals surface area contributed by atoms with Crippen molar-refractivity contribution < 1.29 is 14.1 Å². The van der Waals surface area contributed by atoms with Crippen LogP contribution in [0.2, 0.25) is 0 Å². The lowest BCUT2D eigenvalue weighted by atomic mass is 10.0.